The van der Waals surface area contributed by atoms with Crippen molar-refractivity contribution in [2.45, 2.75) is 24.9 Å². The number of carbonyl (C=O) groups is 4. The zero-order valence-electron chi connectivity index (χ0n) is 20.4. The number of hydrogen-bond donors (Lipinski definition) is 2. The SMILES string of the molecule is COc1ccc(N2C(=O)C[C@@H]([NH+]3CC[NH+]([C@@H]4CC(=O)N(c5ccc(OC)cc5)C4=O)CC3)C2=O)cc1. The highest BCUT2D eigenvalue weighted by molar-refractivity contribution is 6.22. The number of anilines is 2. The van der Waals surface area contributed by atoms with Crippen LogP contribution in [0.25, 0.3) is 0 Å². The van der Waals surface area contributed by atoms with Gasteiger partial charge in [-0.1, -0.05) is 0 Å². The summed E-state index contributed by atoms with van der Waals surface area (Å²) in [7, 11) is 3.13. The van der Waals surface area contributed by atoms with Gasteiger partial charge >= 0.3 is 0 Å². The first-order valence-electron chi connectivity index (χ1n) is 12.1. The number of nitrogens with one attached hydrogen (secondary N) is 2. The van der Waals surface area contributed by atoms with Crippen LogP contribution in [0.15, 0.2) is 48.5 Å². The summed E-state index contributed by atoms with van der Waals surface area (Å²) in [5.41, 5.74) is 1.09. The first-order valence-corrected chi connectivity index (χ1v) is 12.1. The van der Waals surface area contributed by atoms with Crippen LogP contribution in [0.5, 0.6) is 11.5 Å². The highest BCUT2D eigenvalue weighted by Crippen LogP contribution is 2.25. The first-order chi connectivity index (χ1) is 17.4. The maximum Gasteiger partial charge on any atom is 0.292 e. The van der Waals surface area contributed by atoms with E-state index < -0.39 is 12.1 Å². The fourth-order valence-corrected chi connectivity index (χ4v) is 5.50. The monoisotopic (exact) mass is 494 g/mol. The number of hydrogen-bond acceptors (Lipinski definition) is 6. The number of quaternary nitrogens is 2. The molecule has 0 radical (unpaired) electrons. The molecule has 3 aliphatic heterocycles. The Morgan fingerprint density at radius 3 is 1.25 bits per heavy atom. The molecule has 2 aromatic carbocycles. The number of benzene rings is 2. The minimum atomic E-state index is -0.433. The van der Waals surface area contributed by atoms with Gasteiger partial charge in [0.15, 0.2) is 12.1 Å². The van der Waals surface area contributed by atoms with Gasteiger partial charge in [-0.25, -0.2) is 9.80 Å². The molecule has 2 N–H and O–H groups in total. The fourth-order valence-electron chi connectivity index (χ4n) is 5.50. The number of ether oxygens (including phenoxy) is 2. The Kier molecular flexibility index (Phi) is 6.46. The van der Waals surface area contributed by atoms with Crippen LogP contribution >= 0.6 is 0 Å². The smallest absolute Gasteiger partial charge is 0.292 e. The Bertz CT molecular complexity index is 1080. The molecule has 36 heavy (non-hydrogen) atoms. The van der Waals surface area contributed by atoms with E-state index in [1.54, 1.807) is 62.8 Å². The Hall–Kier alpha value is -3.76. The summed E-state index contributed by atoms with van der Waals surface area (Å²) in [4.78, 5) is 56.4. The third kappa shape index (κ3) is 4.22. The van der Waals surface area contributed by atoms with Crippen LogP contribution in [-0.2, 0) is 19.2 Å². The van der Waals surface area contributed by atoms with Gasteiger partial charge in [0.2, 0.25) is 11.8 Å². The number of carbonyl (C=O) groups excluding carboxylic acids is 4. The van der Waals surface area contributed by atoms with Crippen molar-refractivity contribution >= 4 is 35.0 Å². The minimum absolute atomic E-state index is 0.168. The molecule has 10 heteroatoms. The molecule has 2 atom stereocenters. The van der Waals surface area contributed by atoms with E-state index in [9.17, 15) is 19.2 Å². The lowest BCUT2D eigenvalue weighted by atomic mass is 10.1. The second-order valence-electron chi connectivity index (χ2n) is 9.36. The van der Waals surface area contributed by atoms with Crippen LogP contribution in [0.3, 0.4) is 0 Å². The normalized spacial score (nSPS) is 26.6. The van der Waals surface area contributed by atoms with Gasteiger partial charge in [-0.05, 0) is 48.5 Å². The number of piperazine rings is 1. The number of methoxy groups -OCH3 is 2. The zero-order valence-corrected chi connectivity index (χ0v) is 20.4. The van der Waals surface area contributed by atoms with Crippen LogP contribution in [0.4, 0.5) is 11.4 Å². The molecule has 2 aromatic rings. The highest BCUT2D eigenvalue weighted by Gasteiger charge is 2.50. The molecule has 188 valence electrons. The molecule has 0 unspecified atom stereocenters. The predicted octanol–water partition coefficient (Wildman–Crippen LogP) is -1.55. The quantitative estimate of drug-likeness (QED) is 0.472. The van der Waals surface area contributed by atoms with Gasteiger partial charge in [0.25, 0.3) is 11.8 Å². The summed E-state index contributed by atoms with van der Waals surface area (Å²) in [6.45, 7) is 2.60. The molecule has 0 aromatic heterocycles. The van der Waals surface area contributed by atoms with E-state index in [1.807, 2.05) is 0 Å². The average Bonchev–Trinajstić information content (AvgIpc) is 3.38. The molecule has 3 heterocycles. The lowest BCUT2D eigenvalue weighted by Gasteiger charge is -2.34. The lowest BCUT2D eigenvalue weighted by Crippen LogP contribution is -3.31. The number of imide groups is 2. The van der Waals surface area contributed by atoms with E-state index in [4.69, 9.17) is 9.47 Å². The summed E-state index contributed by atoms with van der Waals surface area (Å²) in [6, 6.07) is 12.9. The summed E-state index contributed by atoms with van der Waals surface area (Å²) in [6.07, 6.45) is 0.337. The van der Waals surface area contributed by atoms with Gasteiger partial charge < -0.3 is 19.3 Å². The van der Waals surface area contributed by atoms with Crippen LogP contribution in [0.1, 0.15) is 12.8 Å². The van der Waals surface area contributed by atoms with Gasteiger partial charge in [-0.2, -0.15) is 0 Å². The Morgan fingerprint density at radius 1 is 0.611 bits per heavy atom. The van der Waals surface area contributed by atoms with E-state index in [0.717, 1.165) is 9.80 Å². The van der Waals surface area contributed by atoms with E-state index in [-0.39, 0.29) is 36.5 Å². The van der Waals surface area contributed by atoms with Crippen molar-refractivity contribution in [1.29, 1.82) is 0 Å². The topological polar surface area (TPSA) is 102 Å². The van der Waals surface area contributed by atoms with Crippen LogP contribution < -0.4 is 29.1 Å². The van der Waals surface area contributed by atoms with Gasteiger partial charge in [0, 0.05) is 0 Å². The molecular formula is C26H30N4O6+2. The molecule has 3 aliphatic rings. The van der Waals surface area contributed by atoms with Gasteiger partial charge in [-0.3, -0.25) is 19.2 Å². The third-order valence-electron chi connectivity index (χ3n) is 7.47. The lowest BCUT2D eigenvalue weighted by molar-refractivity contribution is -1.02. The van der Waals surface area contributed by atoms with Gasteiger partial charge in [0.05, 0.1) is 38.4 Å². The third-order valence-corrected chi connectivity index (χ3v) is 7.47. The largest absolute Gasteiger partial charge is 0.497 e. The van der Waals surface area contributed by atoms with E-state index in [1.165, 1.54) is 9.80 Å². The minimum Gasteiger partial charge on any atom is -0.497 e. The standard InChI is InChI=1S/C26H28N4O6/c1-35-19-7-3-17(4-8-19)29-23(31)15-21(25(29)33)27-11-13-28(14-12-27)22-16-24(32)30(26(22)34)18-5-9-20(36-2)10-6-18/h3-10,21-22H,11-16H2,1-2H3/p+2/t21-,22-/m1/s1. The Morgan fingerprint density at radius 2 is 0.944 bits per heavy atom. The molecule has 0 spiro atoms. The van der Waals surface area contributed by atoms with Crippen molar-refractivity contribution in [2.24, 2.45) is 0 Å². The molecule has 0 bridgehead atoms. The second-order valence-corrected chi connectivity index (χ2v) is 9.36. The van der Waals surface area contributed by atoms with E-state index in [2.05, 4.69) is 0 Å². The maximum atomic E-state index is 13.2. The average molecular weight is 495 g/mol. The van der Waals surface area contributed by atoms with Crippen molar-refractivity contribution in [3.8, 4) is 11.5 Å². The van der Waals surface area contributed by atoms with E-state index in [0.29, 0.717) is 49.1 Å². The molecule has 3 saturated heterocycles. The van der Waals surface area contributed by atoms with Crippen LogP contribution in [0, 0.1) is 0 Å². The molecule has 5 rings (SSSR count). The molecule has 3 fully saturated rings. The molecule has 0 saturated carbocycles. The zero-order chi connectivity index (χ0) is 25.4. The van der Waals surface area contributed by atoms with Crippen LogP contribution in [0.2, 0.25) is 0 Å². The summed E-state index contributed by atoms with van der Waals surface area (Å²) in [5.74, 6) is 0.519. The van der Waals surface area contributed by atoms with Crippen molar-refractivity contribution in [3.63, 3.8) is 0 Å². The van der Waals surface area contributed by atoms with E-state index >= 15 is 0 Å². The Labute approximate surface area is 208 Å². The molecule has 4 amide bonds. The molecular weight excluding hydrogens is 464 g/mol. The van der Waals surface area contributed by atoms with Crippen molar-refractivity contribution in [1.82, 2.24) is 0 Å². The second kappa shape index (κ2) is 9.71. The highest BCUT2D eigenvalue weighted by atomic mass is 16.5. The summed E-state index contributed by atoms with van der Waals surface area (Å²) in [5, 5.41) is 0. The van der Waals surface area contributed by atoms with Crippen LogP contribution in [-0.4, -0.2) is 76.1 Å². The number of nitrogens with zero attached hydrogens (tertiary/aromatic N) is 2. The molecule has 10 nitrogen and oxygen atoms in total. The van der Waals surface area contributed by atoms with Crippen molar-refractivity contribution in [2.75, 3.05) is 50.2 Å². The summed E-state index contributed by atoms with van der Waals surface area (Å²) < 4.78 is 10.3. The van der Waals surface area contributed by atoms with Crippen molar-refractivity contribution in [3.05, 3.63) is 48.5 Å². The fraction of sp³-hybridized carbons (Fsp3) is 0.385. The van der Waals surface area contributed by atoms with Gasteiger partial charge in [-0.15, -0.1) is 0 Å². The van der Waals surface area contributed by atoms with Gasteiger partial charge in [0.1, 0.15) is 37.7 Å². The first kappa shape index (κ1) is 24.0. The predicted molar refractivity (Wildman–Crippen MR) is 129 cm³/mol. The number of amides is 4. The van der Waals surface area contributed by atoms with Crippen molar-refractivity contribution < 1.29 is 38.5 Å². The molecule has 0 aliphatic carbocycles. The number of rotatable bonds is 6. The summed E-state index contributed by atoms with van der Waals surface area (Å²) >= 11 is 0. The maximum absolute atomic E-state index is 13.2. The Balaban J connectivity index is 1.21.